The predicted molar refractivity (Wildman–Crippen MR) is 76.1 cm³/mol. The van der Waals surface area contributed by atoms with Crippen molar-refractivity contribution in [3.8, 4) is 5.75 Å². The maximum atomic E-state index is 12.2. The number of carbonyl (C=O) groups is 1. The summed E-state index contributed by atoms with van der Waals surface area (Å²) in [5.41, 5.74) is 0.497. The molecule has 4 nitrogen and oxygen atoms in total. The maximum absolute atomic E-state index is 12.2. The third-order valence-corrected chi connectivity index (χ3v) is 4.46. The summed E-state index contributed by atoms with van der Waals surface area (Å²) in [7, 11) is 0. The molecule has 2 aliphatic rings. The first kappa shape index (κ1) is 12.8. The van der Waals surface area contributed by atoms with Gasteiger partial charge in [-0.3, -0.25) is 4.90 Å². The Morgan fingerprint density at radius 1 is 1.58 bits per heavy atom. The maximum Gasteiger partial charge on any atom is 0.320 e. The summed E-state index contributed by atoms with van der Waals surface area (Å²) in [6.07, 6.45) is 1.70. The van der Waals surface area contributed by atoms with E-state index in [1.54, 1.807) is 4.90 Å². The van der Waals surface area contributed by atoms with E-state index in [-0.39, 0.29) is 12.1 Å². The second-order valence-electron chi connectivity index (χ2n) is 5.29. The standard InChI is InChI=1S/C14H17BrN2O2/c1-3-7-17-13(18)16-11-8-14(17,2)19-12-9(11)5-4-6-10(12)15/h4-6,11H,3,7-8H2,1-2H3,(H,16,18). The lowest BCUT2D eigenvalue weighted by atomic mass is 9.90. The van der Waals surface area contributed by atoms with Crippen molar-refractivity contribution in [2.45, 2.75) is 38.5 Å². The minimum Gasteiger partial charge on any atom is -0.466 e. The van der Waals surface area contributed by atoms with Gasteiger partial charge in [-0.2, -0.15) is 0 Å². The van der Waals surface area contributed by atoms with Gasteiger partial charge in [0.25, 0.3) is 0 Å². The van der Waals surface area contributed by atoms with E-state index < -0.39 is 5.72 Å². The molecule has 2 atom stereocenters. The van der Waals surface area contributed by atoms with E-state index in [4.69, 9.17) is 4.74 Å². The fourth-order valence-electron chi connectivity index (χ4n) is 2.96. The van der Waals surface area contributed by atoms with Crippen molar-refractivity contribution < 1.29 is 9.53 Å². The lowest BCUT2D eigenvalue weighted by Crippen LogP contribution is -2.64. The third-order valence-electron chi connectivity index (χ3n) is 3.84. The molecule has 0 spiro atoms. The SMILES string of the molecule is CCCN1C(=O)NC2CC1(C)Oc1c(Br)cccc12. The Morgan fingerprint density at radius 3 is 3.11 bits per heavy atom. The van der Waals surface area contributed by atoms with Gasteiger partial charge < -0.3 is 10.1 Å². The number of benzene rings is 1. The second-order valence-corrected chi connectivity index (χ2v) is 6.15. The molecule has 19 heavy (non-hydrogen) atoms. The lowest BCUT2D eigenvalue weighted by Gasteiger charge is -2.50. The molecule has 0 aliphatic carbocycles. The monoisotopic (exact) mass is 324 g/mol. The number of hydrogen-bond donors (Lipinski definition) is 1. The van der Waals surface area contributed by atoms with Gasteiger partial charge >= 0.3 is 6.03 Å². The number of carbonyl (C=O) groups excluding carboxylic acids is 1. The van der Waals surface area contributed by atoms with E-state index in [1.165, 1.54) is 0 Å². The number of halogens is 1. The first-order valence-corrected chi connectivity index (χ1v) is 7.40. The van der Waals surface area contributed by atoms with Gasteiger partial charge in [0.2, 0.25) is 0 Å². The molecule has 3 rings (SSSR count). The van der Waals surface area contributed by atoms with E-state index in [0.717, 1.165) is 28.6 Å². The smallest absolute Gasteiger partial charge is 0.320 e. The summed E-state index contributed by atoms with van der Waals surface area (Å²) >= 11 is 3.53. The Bertz CT molecular complexity index is 534. The van der Waals surface area contributed by atoms with Gasteiger partial charge in [-0.15, -0.1) is 0 Å². The Kier molecular flexibility index (Phi) is 2.96. The van der Waals surface area contributed by atoms with Gasteiger partial charge in [0, 0.05) is 18.5 Å². The number of ether oxygens (including phenoxy) is 1. The molecule has 2 aliphatic heterocycles. The van der Waals surface area contributed by atoms with Crippen molar-refractivity contribution in [1.29, 1.82) is 0 Å². The van der Waals surface area contributed by atoms with Crippen LogP contribution in [0.2, 0.25) is 0 Å². The molecule has 0 radical (unpaired) electrons. The summed E-state index contributed by atoms with van der Waals surface area (Å²) in [5.74, 6) is 0.849. The number of para-hydroxylation sites is 1. The molecule has 2 amide bonds. The molecule has 1 aromatic carbocycles. The van der Waals surface area contributed by atoms with Gasteiger partial charge in [-0.1, -0.05) is 19.1 Å². The summed E-state index contributed by atoms with van der Waals surface area (Å²) in [6, 6.07) is 5.95. The molecule has 1 N–H and O–H groups in total. The van der Waals surface area contributed by atoms with Crippen LogP contribution in [0.15, 0.2) is 22.7 Å². The molecule has 1 aromatic rings. The van der Waals surface area contributed by atoms with Crippen molar-refractivity contribution in [2.75, 3.05) is 6.54 Å². The van der Waals surface area contributed by atoms with Crippen LogP contribution >= 0.6 is 15.9 Å². The minimum atomic E-state index is -0.556. The molecule has 1 saturated heterocycles. The number of hydrogen-bond acceptors (Lipinski definition) is 2. The van der Waals surface area contributed by atoms with Crippen molar-refractivity contribution in [3.05, 3.63) is 28.2 Å². The average molecular weight is 325 g/mol. The summed E-state index contributed by atoms with van der Waals surface area (Å²) in [4.78, 5) is 14.0. The van der Waals surface area contributed by atoms with Crippen LogP contribution in [-0.2, 0) is 0 Å². The second kappa shape index (κ2) is 4.40. The first-order chi connectivity index (χ1) is 9.05. The average Bonchev–Trinajstić information content (AvgIpc) is 2.36. The van der Waals surface area contributed by atoms with Crippen LogP contribution in [0.5, 0.6) is 5.75 Å². The largest absolute Gasteiger partial charge is 0.466 e. The lowest BCUT2D eigenvalue weighted by molar-refractivity contribution is -0.0841. The zero-order valence-corrected chi connectivity index (χ0v) is 12.7. The number of nitrogens with one attached hydrogen (secondary N) is 1. The number of fused-ring (bicyclic) bond motifs is 4. The van der Waals surface area contributed by atoms with Crippen LogP contribution in [0.3, 0.4) is 0 Å². The third kappa shape index (κ3) is 1.91. The van der Waals surface area contributed by atoms with Crippen molar-refractivity contribution in [2.24, 2.45) is 0 Å². The van der Waals surface area contributed by atoms with Crippen molar-refractivity contribution >= 4 is 22.0 Å². The van der Waals surface area contributed by atoms with Gasteiger partial charge in [0.1, 0.15) is 5.75 Å². The predicted octanol–water partition coefficient (Wildman–Crippen LogP) is 3.42. The minimum absolute atomic E-state index is 0.0341. The van der Waals surface area contributed by atoms with E-state index >= 15 is 0 Å². The summed E-state index contributed by atoms with van der Waals surface area (Å²) < 4.78 is 7.11. The Balaban J connectivity index is 2.06. The number of amides is 2. The molecule has 0 aromatic heterocycles. The fraction of sp³-hybridized carbons (Fsp3) is 0.500. The number of nitrogens with zero attached hydrogens (tertiary/aromatic N) is 1. The molecule has 2 heterocycles. The van der Waals surface area contributed by atoms with Crippen LogP contribution in [0, 0.1) is 0 Å². The molecule has 0 saturated carbocycles. The molecule has 102 valence electrons. The molecular weight excluding hydrogens is 308 g/mol. The zero-order chi connectivity index (χ0) is 13.6. The highest BCUT2D eigenvalue weighted by atomic mass is 79.9. The van der Waals surface area contributed by atoms with Crippen LogP contribution < -0.4 is 10.1 Å². The molecular formula is C14H17BrN2O2. The highest BCUT2D eigenvalue weighted by molar-refractivity contribution is 9.10. The Labute approximate surface area is 121 Å². The zero-order valence-electron chi connectivity index (χ0n) is 11.1. The highest BCUT2D eigenvalue weighted by Crippen LogP contribution is 2.46. The van der Waals surface area contributed by atoms with Crippen LogP contribution in [0.4, 0.5) is 4.79 Å². The summed E-state index contributed by atoms with van der Waals surface area (Å²) in [6.45, 7) is 4.76. The number of urea groups is 1. The number of rotatable bonds is 2. The van der Waals surface area contributed by atoms with Crippen molar-refractivity contribution in [3.63, 3.8) is 0 Å². The Hall–Kier alpha value is -1.23. The summed E-state index contributed by atoms with van der Waals surface area (Å²) in [5, 5.41) is 3.08. The van der Waals surface area contributed by atoms with Crippen LogP contribution in [0.25, 0.3) is 0 Å². The molecule has 2 bridgehead atoms. The van der Waals surface area contributed by atoms with E-state index in [0.29, 0.717) is 6.54 Å². The van der Waals surface area contributed by atoms with E-state index in [2.05, 4.69) is 28.2 Å². The Morgan fingerprint density at radius 2 is 2.37 bits per heavy atom. The van der Waals surface area contributed by atoms with Gasteiger partial charge in [0.15, 0.2) is 5.72 Å². The topological polar surface area (TPSA) is 41.6 Å². The van der Waals surface area contributed by atoms with Crippen LogP contribution in [-0.4, -0.2) is 23.2 Å². The molecule has 1 fully saturated rings. The highest BCUT2D eigenvalue weighted by Gasteiger charge is 2.49. The van der Waals surface area contributed by atoms with Crippen molar-refractivity contribution in [1.82, 2.24) is 10.2 Å². The van der Waals surface area contributed by atoms with Crippen LogP contribution in [0.1, 0.15) is 38.3 Å². The quantitative estimate of drug-likeness (QED) is 0.905. The first-order valence-electron chi connectivity index (χ1n) is 6.61. The molecule has 2 unspecified atom stereocenters. The molecule has 5 heteroatoms. The van der Waals surface area contributed by atoms with E-state index in [9.17, 15) is 4.79 Å². The normalized spacial score (nSPS) is 28.5. The van der Waals surface area contributed by atoms with Gasteiger partial charge in [0.05, 0.1) is 10.5 Å². The fourth-order valence-corrected chi connectivity index (χ4v) is 3.42. The van der Waals surface area contributed by atoms with Gasteiger partial charge in [-0.25, -0.2) is 4.79 Å². The van der Waals surface area contributed by atoms with Gasteiger partial charge in [-0.05, 0) is 35.3 Å². The van der Waals surface area contributed by atoms with E-state index in [1.807, 2.05) is 25.1 Å².